The van der Waals surface area contributed by atoms with Gasteiger partial charge in [-0.1, -0.05) is 67.1 Å². The third-order valence-electron chi connectivity index (χ3n) is 6.50. The standard InChI is InChI=1S/C30H30ClN3O4S.ClH/c1-3-32-15-8-16-38-27-19-24(37-2)18-26-29(27)34(20-21-9-6-12-23(31)17-21)33-30(26)39(35,36)28-14-7-11-22-10-4-5-13-25(22)28;/h4-7,9-14,17-19,32H,3,8,15-16,20H2,1-2H3;1H. The maximum atomic E-state index is 14.2. The number of fused-ring (bicyclic) bond motifs is 2. The van der Waals surface area contributed by atoms with Crippen LogP contribution in [0.15, 0.2) is 88.8 Å². The Balaban J connectivity index is 0.00000370. The fourth-order valence-electron chi connectivity index (χ4n) is 4.66. The van der Waals surface area contributed by atoms with E-state index in [-0.39, 0.29) is 22.3 Å². The molecule has 0 saturated carbocycles. The van der Waals surface area contributed by atoms with Crippen molar-refractivity contribution >= 4 is 55.5 Å². The Bertz CT molecular complexity index is 1730. The minimum absolute atomic E-state index is 0. The van der Waals surface area contributed by atoms with Crippen LogP contribution >= 0.6 is 24.0 Å². The molecule has 7 nitrogen and oxygen atoms in total. The molecule has 10 heteroatoms. The van der Waals surface area contributed by atoms with Crippen molar-refractivity contribution < 1.29 is 17.9 Å². The lowest BCUT2D eigenvalue weighted by molar-refractivity contribution is 0.308. The normalized spacial score (nSPS) is 11.5. The summed E-state index contributed by atoms with van der Waals surface area (Å²) in [5.74, 6) is 0.996. The van der Waals surface area contributed by atoms with Crippen LogP contribution in [-0.4, -0.2) is 45.0 Å². The van der Waals surface area contributed by atoms with Gasteiger partial charge in [-0.15, -0.1) is 12.4 Å². The Labute approximate surface area is 245 Å². The average Bonchev–Trinajstić information content (AvgIpc) is 3.31. The van der Waals surface area contributed by atoms with Crippen molar-refractivity contribution in [2.24, 2.45) is 0 Å². The zero-order valence-corrected chi connectivity index (χ0v) is 24.7. The molecule has 1 heterocycles. The van der Waals surface area contributed by atoms with Crippen LogP contribution in [-0.2, 0) is 16.4 Å². The van der Waals surface area contributed by atoms with Crippen LogP contribution in [0.3, 0.4) is 0 Å². The van der Waals surface area contributed by atoms with E-state index in [2.05, 4.69) is 12.2 Å². The molecule has 5 rings (SSSR count). The van der Waals surface area contributed by atoms with Crippen molar-refractivity contribution in [2.75, 3.05) is 26.8 Å². The molecule has 1 aromatic heterocycles. The highest BCUT2D eigenvalue weighted by atomic mass is 35.5. The van der Waals surface area contributed by atoms with Gasteiger partial charge in [-0.3, -0.25) is 4.68 Å². The second-order valence-electron chi connectivity index (χ2n) is 9.15. The molecule has 0 fully saturated rings. The predicted octanol–water partition coefficient (Wildman–Crippen LogP) is 6.53. The van der Waals surface area contributed by atoms with Crippen molar-refractivity contribution in [3.8, 4) is 11.5 Å². The molecular formula is C30H31Cl2N3O4S. The summed E-state index contributed by atoms with van der Waals surface area (Å²) in [5.41, 5.74) is 1.47. The molecule has 0 aliphatic heterocycles. The predicted molar refractivity (Wildman–Crippen MR) is 162 cm³/mol. The number of nitrogens with one attached hydrogen (secondary N) is 1. The van der Waals surface area contributed by atoms with E-state index in [9.17, 15) is 8.42 Å². The number of sulfone groups is 1. The molecule has 1 N–H and O–H groups in total. The van der Waals surface area contributed by atoms with Gasteiger partial charge in [0.15, 0.2) is 5.03 Å². The van der Waals surface area contributed by atoms with Gasteiger partial charge >= 0.3 is 0 Å². The maximum absolute atomic E-state index is 14.2. The van der Waals surface area contributed by atoms with Crippen LogP contribution in [0.2, 0.25) is 5.02 Å². The topological polar surface area (TPSA) is 82.4 Å². The summed E-state index contributed by atoms with van der Waals surface area (Å²) >= 11 is 6.25. The fourth-order valence-corrected chi connectivity index (χ4v) is 6.47. The van der Waals surface area contributed by atoms with Crippen LogP contribution in [0, 0.1) is 0 Å². The lowest BCUT2D eigenvalue weighted by atomic mass is 10.1. The first-order chi connectivity index (χ1) is 18.9. The number of hydrogen-bond acceptors (Lipinski definition) is 6. The van der Waals surface area contributed by atoms with Crippen molar-refractivity contribution in [1.29, 1.82) is 0 Å². The molecule has 0 atom stereocenters. The average molecular weight is 601 g/mol. The molecule has 0 bridgehead atoms. The summed E-state index contributed by atoms with van der Waals surface area (Å²) in [7, 11) is -2.48. The Morgan fingerprint density at radius 2 is 1.75 bits per heavy atom. The van der Waals surface area contributed by atoms with Crippen LogP contribution in [0.1, 0.15) is 18.9 Å². The lowest BCUT2D eigenvalue weighted by Gasteiger charge is -2.12. The Kier molecular flexibility index (Phi) is 9.58. The summed E-state index contributed by atoms with van der Waals surface area (Å²) in [6.07, 6.45) is 0.788. The summed E-state index contributed by atoms with van der Waals surface area (Å²) < 4.78 is 41.9. The largest absolute Gasteiger partial charge is 0.497 e. The number of hydrogen-bond donors (Lipinski definition) is 1. The Morgan fingerprint density at radius 1 is 0.975 bits per heavy atom. The van der Waals surface area contributed by atoms with E-state index in [1.807, 2.05) is 48.5 Å². The number of benzene rings is 4. The van der Waals surface area contributed by atoms with E-state index in [0.29, 0.717) is 46.0 Å². The minimum Gasteiger partial charge on any atom is -0.497 e. The SMILES string of the molecule is CCNCCCOc1cc(OC)cc2c(S(=O)(=O)c3cccc4ccccc34)nn(Cc3cccc(Cl)c3)c12.Cl. The van der Waals surface area contributed by atoms with Crippen molar-refractivity contribution in [3.05, 3.63) is 89.4 Å². The fraction of sp³-hybridized carbons (Fsp3) is 0.233. The van der Waals surface area contributed by atoms with Gasteiger partial charge < -0.3 is 14.8 Å². The molecular weight excluding hydrogens is 569 g/mol. The molecule has 0 aliphatic carbocycles. The summed E-state index contributed by atoms with van der Waals surface area (Å²) in [6.45, 7) is 4.50. The van der Waals surface area contributed by atoms with Crippen LogP contribution in [0.4, 0.5) is 0 Å². The third-order valence-corrected chi connectivity index (χ3v) is 8.49. The van der Waals surface area contributed by atoms with Gasteiger partial charge in [-0.25, -0.2) is 8.42 Å². The molecule has 4 aromatic carbocycles. The number of halogens is 2. The van der Waals surface area contributed by atoms with Crippen LogP contribution in [0.5, 0.6) is 11.5 Å². The van der Waals surface area contributed by atoms with E-state index >= 15 is 0 Å². The number of aromatic nitrogens is 2. The summed E-state index contributed by atoms with van der Waals surface area (Å²) in [6, 6.07) is 23.6. The molecule has 0 aliphatic rings. The van der Waals surface area contributed by atoms with Crippen molar-refractivity contribution in [2.45, 2.75) is 29.8 Å². The van der Waals surface area contributed by atoms with E-state index < -0.39 is 9.84 Å². The summed E-state index contributed by atoms with van der Waals surface area (Å²) in [4.78, 5) is 0.200. The molecule has 0 amide bonds. The van der Waals surface area contributed by atoms with Crippen LogP contribution in [0.25, 0.3) is 21.7 Å². The van der Waals surface area contributed by atoms with E-state index in [4.69, 9.17) is 26.2 Å². The first-order valence-electron chi connectivity index (χ1n) is 12.8. The Hall–Kier alpha value is -3.30. The maximum Gasteiger partial charge on any atom is 0.226 e. The van der Waals surface area contributed by atoms with Gasteiger partial charge in [-0.05, 0) is 54.7 Å². The first kappa shape index (κ1) is 29.7. The van der Waals surface area contributed by atoms with E-state index in [0.717, 1.165) is 30.5 Å². The molecule has 210 valence electrons. The van der Waals surface area contributed by atoms with Gasteiger partial charge in [-0.2, -0.15) is 5.10 Å². The second-order valence-corrected chi connectivity index (χ2v) is 11.4. The molecule has 0 spiro atoms. The first-order valence-corrected chi connectivity index (χ1v) is 14.7. The van der Waals surface area contributed by atoms with Gasteiger partial charge in [0, 0.05) is 21.9 Å². The highest BCUT2D eigenvalue weighted by Crippen LogP contribution is 2.38. The van der Waals surface area contributed by atoms with Gasteiger partial charge in [0.05, 0.1) is 25.2 Å². The highest BCUT2D eigenvalue weighted by molar-refractivity contribution is 7.91. The quantitative estimate of drug-likeness (QED) is 0.174. The van der Waals surface area contributed by atoms with E-state index in [1.165, 1.54) is 0 Å². The second kappa shape index (κ2) is 12.9. The van der Waals surface area contributed by atoms with E-state index in [1.54, 1.807) is 42.1 Å². The third kappa shape index (κ3) is 6.05. The molecule has 0 saturated heterocycles. The van der Waals surface area contributed by atoms with Gasteiger partial charge in [0.2, 0.25) is 9.84 Å². The number of nitrogens with zero attached hydrogens (tertiary/aromatic N) is 2. The number of methoxy groups -OCH3 is 1. The minimum atomic E-state index is -4.03. The molecule has 5 aromatic rings. The molecule has 40 heavy (non-hydrogen) atoms. The van der Waals surface area contributed by atoms with Gasteiger partial charge in [0.1, 0.15) is 17.0 Å². The zero-order chi connectivity index (χ0) is 27.4. The summed E-state index contributed by atoms with van der Waals surface area (Å²) in [5, 5.41) is 10.4. The molecule has 0 unspecified atom stereocenters. The van der Waals surface area contributed by atoms with Crippen LogP contribution < -0.4 is 14.8 Å². The van der Waals surface area contributed by atoms with Gasteiger partial charge in [0.25, 0.3) is 0 Å². The number of rotatable bonds is 11. The molecule has 0 radical (unpaired) electrons. The zero-order valence-electron chi connectivity index (χ0n) is 22.3. The number of ether oxygens (including phenoxy) is 2. The van der Waals surface area contributed by atoms with Crippen molar-refractivity contribution in [1.82, 2.24) is 15.1 Å². The highest BCUT2D eigenvalue weighted by Gasteiger charge is 2.29. The Morgan fingerprint density at radius 3 is 2.52 bits per heavy atom. The monoisotopic (exact) mass is 599 g/mol. The smallest absolute Gasteiger partial charge is 0.226 e. The lowest BCUT2D eigenvalue weighted by Crippen LogP contribution is -2.16. The van der Waals surface area contributed by atoms with Crippen molar-refractivity contribution in [3.63, 3.8) is 0 Å².